The van der Waals surface area contributed by atoms with Crippen LogP contribution < -0.4 is 9.62 Å². The van der Waals surface area contributed by atoms with Crippen molar-refractivity contribution in [3.8, 4) is 0 Å². The fourth-order valence-corrected chi connectivity index (χ4v) is 2.98. The van der Waals surface area contributed by atoms with E-state index in [0.717, 1.165) is 48.7 Å². The van der Waals surface area contributed by atoms with Gasteiger partial charge in [0.05, 0.1) is 37.3 Å². The summed E-state index contributed by atoms with van der Waals surface area (Å²) in [5, 5.41) is 4.45. The highest BCUT2D eigenvalue weighted by Gasteiger charge is 2.19. The van der Waals surface area contributed by atoms with Crippen LogP contribution in [-0.2, 0) is 29.7 Å². The first-order valence-electron chi connectivity index (χ1n) is 7.08. The molecule has 0 aliphatic carbocycles. The summed E-state index contributed by atoms with van der Waals surface area (Å²) >= 11 is 0. The zero-order valence-electron chi connectivity index (χ0n) is 12.7. The first-order chi connectivity index (χ1) is 10.4. The van der Waals surface area contributed by atoms with E-state index in [1.807, 2.05) is 29.9 Å². The van der Waals surface area contributed by atoms with Crippen molar-refractivity contribution in [1.82, 2.24) is 19.5 Å². The smallest absolute Gasteiger partial charge is 0.209 e. The molecule has 3 rings (SSSR count). The van der Waals surface area contributed by atoms with Crippen LogP contribution >= 0.6 is 0 Å². The van der Waals surface area contributed by atoms with Gasteiger partial charge < -0.3 is 4.90 Å². The molecule has 0 aromatic carbocycles. The zero-order chi connectivity index (χ0) is 15.7. The number of rotatable bonds is 4. The lowest BCUT2D eigenvalue weighted by molar-refractivity contribution is 0.515. The van der Waals surface area contributed by atoms with Crippen LogP contribution in [-0.4, -0.2) is 36.0 Å². The van der Waals surface area contributed by atoms with E-state index in [2.05, 4.69) is 25.8 Å². The molecule has 1 aliphatic heterocycles. The Hall–Kier alpha value is -1.93. The molecular formula is C14H19N5O2S. The molecule has 0 saturated heterocycles. The van der Waals surface area contributed by atoms with Gasteiger partial charge in [0, 0.05) is 24.1 Å². The second-order valence-electron chi connectivity index (χ2n) is 5.52. The van der Waals surface area contributed by atoms with Crippen LogP contribution in [0, 0.1) is 6.92 Å². The van der Waals surface area contributed by atoms with E-state index in [4.69, 9.17) is 0 Å². The van der Waals surface area contributed by atoms with E-state index >= 15 is 0 Å². The van der Waals surface area contributed by atoms with E-state index in [9.17, 15) is 8.42 Å². The predicted octanol–water partition coefficient (Wildman–Crippen LogP) is 0.656. The van der Waals surface area contributed by atoms with Gasteiger partial charge in [-0.1, -0.05) is 0 Å². The molecule has 2 aromatic heterocycles. The minimum Gasteiger partial charge on any atom is -0.364 e. The summed E-state index contributed by atoms with van der Waals surface area (Å²) in [6.45, 7) is 4.63. The topological polar surface area (TPSA) is 80.1 Å². The lowest BCUT2D eigenvalue weighted by Gasteiger charge is -2.29. The van der Waals surface area contributed by atoms with Gasteiger partial charge in [-0.15, -0.1) is 0 Å². The number of aromatic nitrogens is 3. The third kappa shape index (κ3) is 3.45. The van der Waals surface area contributed by atoms with Crippen molar-refractivity contribution >= 4 is 15.7 Å². The number of anilines is 1. The Balaban J connectivity index is 1.74. The van der Waals surface area contributed by atoms with Crippen molar-refractivity contribution in [2.24, 2.45) is 0 Å². The fourth-order valence-electron chi connectivity index (χ4n) is 2.56. The Bertz CT molecular complexity index is 784. The highest BCUT2D eigenvalue weighted by molar-refractivity contribution is 7.88. The van der Waals surface area contributed by atoms with Crippen molar-refractivity contribution in [2.45, 2.75) is 26.6 Å². The van der Waals surface area contributed by atoms with E-state index in [-0.39, 0.29) is 6.54 Å². The number of hydrogen-bond acceptors (Lipinski definition) is 5. The molecule has 1 N–H and O–H groups in total. The normalized spacial score (nSPS) is 14.9. The number of pyridine rings is 1. The first-order valence-corrected chi connectivity index (χ1v) is 8.98. The van der Waals surface area contributed by atoms with Crippen molar-refractivity contribution in [3.05, 3.63) is 41.5 Å². The fraction of sp³-hybridized carbons (Fsp3) is 0.429. The van der Waals surface area contributed by atoms with Gasteiger partial charge in [0.1, 0.15) is 0 Å². The number of aryl methyl sites for hydroxylation is 1. The minimum absolute atomic E-state index is 0.229. The van der Waals surface area contributed by atoms with Gasteiger partial charge in [-0.2, -0.15) is 5.10 Å². The summed E-state index contributed by atoms with van der Waals surface area (Å²) in [4.78, 5) is 6.50. The average molecular weight is 321 g/mol. The van der Waals surface area contributed by atoms with Crippen LogP contribution in [0.25, 0.3) is 0 Å². The van der Waals surface area contributed by atoms with Crippen LogP contribution in [0.1, 0.15) is 17.1 Å². The lowest BCUT2D eigenvalue weighted by Crippen LogP contribution is -2.33. The molecule has 0 fully saturated rings. The Kier molecular flexibility index (Phi) is 3.88. The zero-order valence-corrected chi connectivity index (χ0v) is 13.5. The molecule has 0 radical (unpaired) electrons. The molecule has 8 heteroatoms. The van der Waals surface area contributed by atoms with Crippen LogP contribution in [0.15, 0.2) is 24.4 Å². The molecule has 3 heterocycles. The van der Waals surface area contributed by atoms with Crippen molar-refractivity contribution < 1.29 is 8.42 Å². The molecule has 0 amide bonds. The van der Waals surface area contributed by atoms with Crippen molar-refractivity contribution in [3.63, 3.8) is 0 Å². The predicted molar refractivity (Wildman–Crippen MR) is 83.9 cm³/mol. The Labute approximate surface area is 130 Å². The van der Waals surface area contributed by atoms with Gasteiger partial charge in [-0.3, -0.25) is 9.67 Å². The molecule has 0 unspecified atom stereocenters. The van der Waals surface area contributed by atoms with E-state index in [0.29, 0.717) is 0 Å². The summed E-state index contributed by atoms with van der Waals surface area (Å²) in [6, 6.07) is 6.03. The van der Waals surface area contributed by atoms with Crippen LogP contribution in [0.2, 0.25) is 0 Å². The minimum atomic E-state index is -3.20. The van der Waals surface area contributed by atoms with Gasteiger partial charge in [0.25, 0.3) is 0 Å². The lowest BCUT2D eigenvalue weighted by atomic mass is 10.2. The van der Waals surface area contributed by atoms with Gasteiger partial charge in [0.2, 0.25) is 10.0 Å². The summed E-state index contributed by atoms with van der Waals surface area (Å²) in [5.41, 5.74) is 3.98. The Morgan fingerprint density at radius 3 is 2.86 bits per heavy atom. The molecule has 0 bridgehead atoms. The largest absolute Gasteiger partial charge is 0.364 e. The summed E-state index contributed by atoms with van der Waals surface area (Å²) < 4.78 is 26.7. The molecule has 7 nitrogen and oxygen atoms in total. The van der Waals surface area contributed by atoms with Crippen LogP contribution in [0.5, 0.6) is 0 Å². The standard InChI is InChI=1S/C14H19N5O2S/c1-11-7-13(3-4-15-11)18-5-6-19-14(10-18)8-12(17-19)9-16-22(2,20)21/h3-4,7-8,16H,5-6,9-10H2,1-2H3. The third-order valence-corrected chi connectivity index (χ3v) is 4.28. The number of nitrogens with one attached hydrogen (secondary N) is 1. The van der Waals surface area contributed by atoms with Crippen molar-refractivity contribution in [1.29, 1.82) is 0 Å². The quantitative estimate of drug-likeness (QED) is 0.894. The highest BCUT2D eigenvalue weighted by atomic mass is 32.2. The highest BCUT2D eigenvalue weighted by Crippen LogP contribution is 2.21. The SMILES string of the molecule is Cc1cc(N2CCn3nc(CNS(C)(=O)=O)cc3C2)ccn1. The molecule has 1 aliphatic rings. The monoisotopic (exact) mass is 321 g/mol. The summed E-state index contributed by atoms with van der Waals surface area (Å²) in [7, 11) is -3.20. The first kappa shape index (κ1) is 15.0. The summed E-state index contributed by atoms with van der Waals surface area (Å²) in [5.74, 6) is 0. The second-order valence-corrected chi connectivity index (χ2v) is 7.35. The molecular weight excluding hydrogens is 302 g/mol. The Morgan fingerprint density at radius 2 is 2.14 bits per heavy atom. The number of hydrogen-bond donors (Lipinski definition) is 1. The molecule has 0 atom stereocenters. The maximum atomic E-state index is 11.2. The van der Waals surface area contributed by atoms with Crippen molar-refractivity contribution in [2.75, 3.05) is 17.7 Å². The summed E-state index contributed by atoms with van der Waals surface area (Å²) in [6.07, 6.45) is 2.97. The van der Waals surface area contributed by atoms with Gasteiger partial charge >= 0.3 is 0 Å². The van der Waals surface area contributed by atoms with E-state index < -0.39 is 10.0 Å². The van der Waals surface area contributed by atoms with E-state index in [1.165, 1.54) is 0 Å². The molecule has 22 heavy (non-hydrogen) atoms. The van der Waals surface area contributed by atoms with Gasteiger partial charge in [0.15, 0.2) is 0 Å². The van der Waals surface area contributed by atoms with Gasteiger partial charge in [-0.05, 0) is 25.1 Å². The number of sulfonamides is 1. The van der Waals surface area contributed by atoms with Crippen LogP contribution in [0.4, 0.5) is 5.69 Å². The third-order valence-electron chi connectivity index (χ3n) is 3.61. The number of nitrogens with zero attached hydrogens (tertiary/aromatic N) is 4. The molecule has 2 aromatic rings. The maximum absolute atomic E-state index is 11.2. The second kappa shape index (κ2) is 5.69. The van der Waals surface area contributed by atoms with E-state index in [1.54, 1.807) is 0 Å². The number of fused-ring (bicyclic) bond motifs is 1. The van der Waals surface area contributed by atoms with Crippen LogP contribution in [0.3, 0.4) is 0 Å². The van der Waals surface area contributed by atoms with Gasteiger partial charge in [-0.25, -0.2) is 13.1 Å². The molecule has 0 saturated carbocycles. The Morgan fingerprint density at radius 1 is 1.32 bits per heavy atom. The molecule has 0 spiro atoms. The molecule has 118 valence electrons. The average Bonchev–Trinajstić information content (AvgIpc) is 2.86. The maximum Gasteiger partial charge on any atom is 0.209 e.